The Bertz CT molecular complexity index is 5260. The molecule has 0 aliphatic heterocycles. The average Bonchev–Trinajstić information content (AvgIpc) is 1.06. The predicted octanol–water partition coefficient (Wildman–Crippen LogP) is 11.9. The van der Waals surface area contributed by atoms with Gasteiger partial charge in [-0.3, -0.25) is 27.3 Å². The largest absolute Gasteiger partial charge is 0.594 e. The Morgan fingerprint density at radius 1 is 0.297 bits per heavy atom. The number of phenols is 4. The van der Waals surface area contributed by atoms with Crippen LogP contribution in [-0.2, 0) is 60.7 Å². The van der Waals surface area contributed by atoms with Crippen LogP contribution in [0.4, 0.5) is 56.9 Å². The van der Waals surface area contributed by atoms with Gasteiger partial charge in [0.05, 0.1) is 32.5 Å². The fourth-order valence-electron chi connectivity index (χ4n) is 7.62. The summed E-state index contributed by atoms with van der Waals surface area (Å²) in [5, 5.41) is 88.5. The van der Waals surface area contributed by atoms with Gasteiger partial charge >= 0.3 is 0 Å². The van der Waals surface area contributed by atoms with Crippen LogP contribution in [0.25, 0.3) is 24.3 Å². The lowest BCUT2D eigenvalue weighted by Gasteiger charge is -2.08. The zero-order valence-electron chi connectivity index (χ0n) is 44.9. The quantitative estimate of drug-likeness (QED) is 0.0111. The van der Waals surface area contributed by atoms with Crippen molar-refractivity contribution in [3.8, 4) is 23.0 Å². The molecule has 0 amide bonds. The first-order chi connectivity index (χ1) is 42.4. The molecule has 0 saturated carbocycles. The van der Waals surface area contributed by atoms with Crippen LogP contribution in [-0.4, -0.2) is 103 Å². The molecule has 0 aromatic heterocycles. The lowest BCUT2D eigenvalue weighted by molar-refractivity contribution is -0.435. The Kier molecular flexibility index (Phi) is 19.1. The number of aromatic hydroxyl groups is 4. The molecule has 0 aliphatic carbocycles. The maximum Gasteiger partial charge on any atom is 0.295 e. The highest BCUT2D eigenvalue weighted by Crippen LogP contribution is 2.39. The van der Waals surface area contributed by atoms with E-state index in [1.165, 1.54) is 36.4 Å². The van der Waals surface area contributed by atoms with Gasteiger partial charge in [0, 0.05) is 29.4 Å². The first-order valence-corrected chi connectivity index (χ1v) is 33.0. The summed E-state index contributed by atoms with van der Waals surface area (Å²) in [5.74, 6) is -2.11. The van der Waals surface area contributed by atoms with E-state index in [9.17, 15) is 103 Å². The highest BCUT2D eigenvalue weighted by molar-refractivity contribution is 7.87. The second-order valence-electron chi connectivity index (χ2n) is 18.2. The van der Waals surface area contributed by atoms with Gasteiger partial charge in [0.15, 0.2) is 0 Å². The van der Waals surface area contributed by atoms with E-state index in [4.69, 9.17) is 0 Å². The van der Waals surface area contributed by atoms with E-state index in [1.54, 1.807) is 0 Å². The number of azo groups is 5. The minimum Gasteiger partial charge on any atom is -0.594 e. The molecule has 33 nitrogen and oxygen atoms in total. The summed E-state index contributed by atoms with van der Waals surface area (Å²) in [7, 11) is -29.9. The summed E-state index contributed by atoms with van der Waals surface area (Å²) in [4.78, 5) is -4.81. The lowest BCUT2D eigenvalue weighted by atomic mass is 10.1. The van der Waals surface area contributed by atoms with Crippen LogP contribution in [0.1, 0.15) is 22.3 Å². The smallest absolute Gasteiger partial charge is 0.295 e. The normalized spacial score (nSPS) is 13.3. The van der Waals surface area contributed by atoms with Crippen LogP contribution in [0.15, 0.2) is 221 Å². The Hall–Kier alpha value is -10.3. The molecule has 91 heavy (non-hydrogen) atoms. The summed E-state index contributed by atoms with van der Waals surface area (Å²) in [5.41, 5.74) is -3.93. The average molecular weight is 1360 g/mol. The highest BCUT2D eigenvalue weighted by Gasteiger charge is 2.23. The lowest BCUT2D eigenvalue weighted by Crippen LogP contribution is -2.03. The molecule has 0 bridgehead atoms. The first kappa shape index (κ1) is 66.6. The zero-order valence-corrected chi connectivity index (χ0v) is 49.8. The third-order valence-corrected chi connectivity index (χ3v) is 17.2. The molecule has 8 aromatic rings. The van der Waals surface area contributed by atoms with Crippen LogP contribution < -0.4 is 0 Å². The Labute approximate surface area is 513 Å². The maximum absolute atomic E-state index is 13.4. The van der Waals surface area contributed by atoms with Gasteiger partial charge in [-0.05, 0) is 125 Å². The Balaban J connectivity index is 0.986. The summed E-state index contributed by atoms with van der Waals surface area (Å²) < 4.78 is 206. The molecule has 0 fully saturated rings. The van der Waals surface area contributed by atoms with Gasteiger partial charge in [0.2, 0.25) is 5.69 Å². The number of hydrogen-bond donors (Lipinski definition) is 10. The van der Waals surface area contributed by atoms with Crippen LogP contribution in [0.5, 0.6) is 23.0 Å². The SMILES string of the molecule is O=S(=O)(O)c1ccc(O)c(N=Nc2ccc(N=Nc3ccc(/C=C/c4ccc(N=[N+]([O-])c5ccc(/C=C/c6ccc(N=Nc7ccc(N=Nc8cc(S(=O)(=O)O)ccc8O)c(O)c7)cc6S(=O)(=O)O)c(S(=O)(=O)O)c5)cc4S(=O)(=O)O)c(S(=O)(=O)O)c3)cc2O)c1. The molecule has 0 saturated heterocycles. The molecule has 0 aliphatic rings. The maximum atomic E-state index is 13.4. The second-order valence-corrected chi connectivity index (χ2v) is 26.6. The van der Waals surface area contributed by atoms with E-state index < -0.39 is 124 Å². The molecule has 10 N–H and O–H groups in total. The van der Waals surface area contributed by atoms with Crippen LogP contribution in [0.3, 0.4) is 0 Å². The molecule has 470 valence electrons. The zero-order chi connectivity index (χ0) is 66.6. The van der Waals surface area contributed by atoms with E-state index in [2.05, 4.69) is 46.0 Å². The fraction of sp³-hybridized carbons (Fsp3) is 0. The third-order valence-electron chi connectivity index (χ3n) is 11.9. The van der Waals surface area contributed by atoms with Gasteiger partial charge in [-0.1, -0.05) is 47.4 Å². The van der Waals surface area contributed by atoms with Crippen molar-refractivity contribution >= 4 is 142 Å². The topological polar surface area (TPSA) is 544 Å². The van der Waals surface area contributed by atoms with Gasteiger partial charge < -0.3 is 25.6 Å². The van der Waals surface area contributed by atoms with Crippen molar-refractivity contribution in [2.24, 2.45) is 46.0 Å². The van der Waals surface area contributed by atoms with Crippen molar-refractivity contribution in [3.05, 3.63) is 173 Å². The van der Waals surface area contributed by atoms with Gasteiger partial charge in [0.25, 0.3) is 60.7 Å². The van der Waals surface area contributed by atoms with Gasteiger partial charge in [-0.2, -0.15) is 71.0 Å². The fourth-order valence-corrected chi connectivity index (χ4v) is 11.4. The van der Waals surface area contributed by atoms with Crippen molar-refractivity contribution in [1.29, 1.82) is 0 Å². The summed E-state index contributed by atoms with van der Waals surface area (Å²) in [6, 6.07) is 24.1. The van der Waals surface area contributed by atoms with E-state index in [1.807, 2.05) is 0 Å². The Morgan fingerprint density at radius 2 is 0.593 bits per heavy atom. The van der Waals surface area contributed by atoms with Crippen molar-refractivity contribution < 1.29 is 103 Å². The standard InChI is InChI=1S/C52H38N10O23S6/c63-45-19-15-39(86(68,69)70)27-43(45)59-57-41-17-12-33(21-47(41)65)53-55-35-9-5-29(49(23-35)88(74,75)76)1-2-31-7-11-37(25-51(31)90(80,81)82)61-62(67)38-14-8-32(52(26-38)91(83,84)85)4-3-30-6-10-36(24-50(30)89(77,78)79)56-54-34-13-18-42(48(66)22-34)58-60-44-28-40(87(71,72)73)16-20-46(44)64/h1-28,63-66H,(H,68,69,70)(H,71,72,73)(H,74,75,76)(H,77,78,79)(H,80,81,82)(H,83,84,85)/b2-1+,4-3+,55-53?,56-54?,59-57?,60-58?,62-61?. The molecule has 39 heteroatoms. The van der Waals surface area contributed by atoms with E-state index in [0.29, 0.717) is 12.1 Å². The monoisotopic (exact) mass is 1360 g/mol. The molecule has 0 heterocycles. The molecule has 0 radical (unpaired) electrons. The number of rotatable bonds is 20. The molecule has 0 spiro atoms. The summed E-state index contributed by atoms with van der Waals surface area (Å²) in [6.45, 7) is 0. The molecular formula is C52H38N10O23S6. The Morgan fingerprint density at radius 3 is 0.934 bits per heavy atom. The van der Waals surface area contributed by atoms with Gasteiger partial charge in [-0.25, -0.2) is 0 Å². The van der Waals surface area contributed by atoms with E-state index in [-0.39, 0.29) is 72.6 Å². The molecule has 8 aromatic carbocycles. The van der Waals surface area contributed by atoms with Crippen molar-refractivity contribution in [2.75, 3.05) is 0 Å². The number of benzene rings is 8. The predicted molar refractivity (Wildman–Crippen MR) is 317 cm³/mol. The molecule has 0 unspecified atom stereocenters. The molecule has 8 rings (SSSR count). The van der Waals surface area contributed by atoms with Crippen molar-refractivity contribution in [2.45, 2.75) is 29.4 Å². The van der Waals surface area contributed by atoms with Crippen molar-refractivity contribution in [3.63, 3.8) is 0 Å². The highest BCUT2D eigenvalue weighted by atomic mass is 32.2. The van der Waals surface area contributed by atoms with E-state index >= 15 is 0 Å². The number of nitrogens with zero attached hydrogens (tertiary/aromatic N) is 10. The van der Waals surface area contributed by atoms with Crippen molar-refractivity contribution in [1.82, 2.24) is 0 Å². The molecule has 0 atom stereocenters. The van der Waals surface area contributed by atoms with Crippen LogP contribution in [0, 0.1) is 5.21 Å². The molecular weight excluding hydrogens is 1330 g/mol. The summed E-state index contributed by atoms with van der Waals surface area (Å²) >= 11 is 0. The van der Waals surface area contributed by atoms with Gasteiger partial charge in [-0.15, -0.1) is 20.5 Å². The number of hydrogen-bond acceptors (Lipinski definition) is 26. The summed E-state index contributed by atoms with van der Waals surface area (Å²) in [6.07, 6.45) is 4.00. The third kappa shape index (κ3) is 17.1. The van der Waals surface area contributed by atoms with Crippen LogP contribution in [0.2, 0.25) is 0 Å². The minimum absolute atomic E-state index is 0.0375. The van der Waals surface area contributed by atoms with Gasteiger partial charge in [0.1, 0.15) is 71.0 Å². The van der Waals surface area contributed by atoms with Crippen LogP contribution >= 0.6 is 0 Å². The van der Waals surface area contributed by atoms with E-state index in [0.717, 1.165) is 121 Å². The number of phenolic OH excluding ortho intramolecular Hbond substituents is 4. The first-order valence-electron chi connectivity index (χ1n) is 24.4. The minimum atomic E-state index is -5.22. The second kappa shape index (κ2) is 26.0.